The van der Waals surface area contributed by atoms with Gasteiger partial charge in [0.15, 0.2) is 0 Å². The third-order valence-electron chi connectivity index (χ3n) is 4.11. The molecule has 0 atom stereocenters. The number of para-hydroxylation sites is 1. The van der Waals surface area contributed by atoms with Crippen molar-refractivity contribution in [2.75, 3.05) is 5.73 Å². The number of hydrogen-bond acceptors (Lipinski definition) is 3. The Labute approximate surface area is 117 Å². The van der Waals surface area contributed by atoms with Gasteiger partial charge in [0.1, 0.15) is 5.69 Å². The first-order valence-corrected chi connectivity index (χ1v) is 6.76. The number of rotatable bonds is 2. The fourth-order valence-electron chi connectivity index (χ4n) is 3.18. The van der Waals surface area contributed by atoms with Crippen molar-refractivity contribution in [3.63, 3.8) is 0 Å². The Morgan fingerprint density at radius 3 is 2.45 bits per heavy atom. The zero-order valence-corrected chi connectivity index (χ0v) is 11.7. The maximum atomic E-state index is 12.4. The summed E-state index contributed by atoms with van der Waals surface area (Å²) in [6.45, 7) is 1.81. The molecule has 0 spiro atoms. The van der Waals surface area contributed by atoms with Crippen LogP contribution in [0.25, 0.3) is 5.69 Å². The topological polar surface area (TPSA) is 73.2 Å². The summed E-state index contributed by atoms with van der Waals surface area (Å²) in [6.07, 6.45) is 1.28. The van der Waals surface area contributed by atoms with Crippen molar-refractivity contribution < 1.29 is 5.11 Å². The molecule has 20 heavy (non-hydrogen) atoms. The molecule has 5 heteroatoms. The van der Waals surface area contributed by atoms with E-state index in [9.17, 15) is 9.90 Å². The average Bonchev–Trinajstić information content (AvgIpc) is 2.59. The van der Waals surface area contributed by atoms with E-state index in [1.807, 2.05) is 49.0 Å². The SMILES string of the molecule is Cn1c(C2CC(C)(O)C2)c(N)c(=O)n1-c1ccccc1. The van der Waals surface area contributed by atoms with Gasteiger partial charge in [0.2, 0.25) is 0 Å². The van der Waals surface area contributed by atoms with Gasteiger partial charge in [-0.15, -0.1) is 0 Å². The molecule has 0 saturated heterocycles. The first kappa shape index (κ1) is 13.0. The van der Waals surface area contributed by atoms with E-state index in [0.717, 1.165) is 11.4 Å². The van der Waals surface area contributed by atoms with Crippen LogP contribution in [0.3, 0.4) is 0 Å². The fraction of sp³-hybridized carbons (Fsp3) is 0.400. The summed E-state index contributed by atoms with van der Waals surface area (Å²) in [6, 6.07) is 9.44. The van der Waals surface area contributed by atoms with Gasteiger partial charge in [0.25, 0.3) is 5.56 Å². The lowest BCUT2D eigenvalue weighted by Gasteiger charge is -2.41. The molecule has 1 aliphatic carbocycles. The second-order valence-corrected chi connectivity index (χ2v) is 5.88. The van der Waals surface area contributed by atoms with Gasteiger partial charge < -0.3 is 10.8 Å². The van der Waals surface area contributed by atoms with Crippen molar-refractivity contribution in [1.82, 2.24) is 9.36 Å². The summed E-state index contributed by atoms with van der Waals surface area (Å²) in [5.41, 5.74) is 7.08. The minimum atomic E-state index is -0.637. The van der Waals surface area contributed by atoms with Gasteiger partial charge >= 0.3 is 0 Å². The molecule has 3 N–H and O–H groups in total. The molecule has 1 aromatic carbocycles. The Hall–Kier alpha value is -2.01. The molecule has 1 fully saturated rings. The minimum absolute atomic E-state index is 0.146. The molecule has 1 aromatic heterocycles. The highest BCUT2D eigenvalue weighted by Gasteiger charge is 2.42. The number of aromatic nitrogens is 2. The second-order valence-electron chi connectivity index (χ2n) is 5.88. The van der Waals surface area contributed by atoms with Crippen LogP contribution in [-0.4, -0.2) is 20.1 Å². The van der Waals surface area contributed by atoms with Crippen LogP contribution < -0.4 is 11.3 Å². The van der Waals surface area contributed by atoms with Crippen LogP contribution in [0.1, 0.15) is 31.4 Å². The van der Waals surface area contributed by atoms with Gasteiger partial charge in [-0.1, -0.05) is 18.2 Å². The highest BCUT2D eigenvalue weighted by Crippen LogP contribution is 2.45. The quantitative estimate of drug-likeness (QED) is 0.868. The van der Waals surface area contributed by atoms with Gasteiger partial charge in [0.05, 0.1) is 17.0 Å². The van der Waals surface area contributed by atoms with Gasteiger partial charge in [-0.05, 0) is 31.9 Å². The van der Waals surface area contributed by atoms with E-state index < -0.39 is 5.60 Å². The maximum absolute atomic E-state index is 12.4. The largest absolute Gasteiger partial charge is 0.393 e. The summed E-state index contributed by atoms with van der Waals surface area (Å²) >= 11 is 0. The normalized spacial score (nSPS) is 25.4. The van der Waals surface area contributed by atoms with Crippen molar-refractivity contribution in [2.24, 2.45) is 7.05 Å². The Balaban J connectivity index is 2.09. The lowest BCUT2D eigenvalue weighted by atomic mass is 9.70. The summed E-state index contributed by atoms with van der Waals surface area (Å²) in [5.74, 6) is 0.146. The molecular formula is C15H19N3O2. The first-order valence-electron chi connectivity index (χ1n) is 6.76. The van der Waals surface area contributed by atoms with Crippen molar-refractivity contribution in [1.29, 1.82) is 0 Å². The summed E-state index contributed by atoms with van der Waals surface area (Å²) in [7, 11) is 1.84. The van der Waals surface area contributed by atoms with E-state index in [1.165, 1.54) is 0 Å². The maximum Gasteiger partial charge on any atom is 0.294 e. The van der Waals surface area contributed by atoms with Crippen molar-refractivity contribution in [3.05, 3.63) is 46.4 Å². The predicted octanol–water partition coefficient (Wildman–Crippen LogP) is 1.39. The van der Waals surface area contributed by atoms with Crippen molar-refractivity contribution >= 4 is 5.69 Å². The highest BCUT2D eigenvalue weighted by molar-refractivity contribution is 5.48. The Bertz CT molecular complexity index is 690. The zero-order chi connectivity index (χ0) is 14.5. The third-order valence-corrected chi connectivity index (χ3v) is 4.11. The number of benzene rings is 1. The molecular weight excluding hydrogens is 254 g/mol. The number of nitrogens with two attached hydrogens (primary N) is 1. The number of anilines is 1. The molecule has 0 radical (unpaired) electrons. The van der Waals surface area contributed by atoms with Crippen LogP contribution in [0.4, 0.5) is 5.69 Å². The molecule has 3 rings (SSSR count). The molecule has 0 unspecified atom stereocenters. The Morgan fingerprint density at radius 1 is 1.30 bits per heavy atom. The van der Waals surface area contributed by atoms with Crippen LogP contribution in [0.2, 0.25) is 0 Å². The van der Waals surface area contributed by atoms with Crippen LogP contribution >= 0.6 is 0 Å². The predicted molar refractivity (Wildman–Crippen MR) is 78.0 cm³/mol. The number of nitrogens with zero attached hydrogens (tertiary/aromatic N) is 2. The smallest absolute Gasteiger partial charge is 0.294 e. The summed E-state index contributed by atoms with van der Waals surface area (Å²) < 4.78 is 3.39. The number of nitrogen functional groups attached to an aromatic ring is 1. The van der Waals surface area contributed by atoms with Crippen LogP contribution in [0.5, 0.6) is 0 Å². The molecule has 106 valence electrons. The molecule has 2 aromatic rings. The molecule has 0 aliphatic heterocycles. The van der Waals surface area contributed by atoms with Crippen molar-refractivity contribution in [3.8, 4) is 5.69 Å². The average molecular weight is 273 g/mol. The lowest BCUT2D eigenvalue weighted by molar-refractivity contribution is -0.0330. The lowest BCUT2D eigenvalue weighted by Crippen LogP contribution is -2.40. The molecule has 1 heterocycles. The van der Waals surface area contributed by atoms with Crippen molar-refractivity contribution in [2.45, 2.75) is 31.3 Å². The Morgan fingerprint density at radius 2 is 1.90 bits per heavy atom. The van der Waals surface area contributed by atoms with Gasteiger partial charge in [-0.3, -0.25) is 9.48 Å². The number of aliphatic hydroxyl groups is 1. The molecule has 5 nitrogen and oxygen atoms in total. The second kappa shape index (κ2) is 4.24. The highest BCUT2D eigenvalue weighted by atomic mass is 16.3. The standard InChI is InChI=1S/C15H19N3O2/c1-15(20)8-10(9-15)13-12(16)14(19)18(17(13)2)11-6-4-3-5-7-11/h3-7,10,20H,8-9,16H2,1-2H3. The minimum Gasteiger partial charge on any atom is -0.393 e. The van der Waals surface area contributed by atoms with Gasteiger partial charge in [-0.2, -0.15) is 0 Å². The Kier molecular flexibility index (Phi) is 2.76. The van der Waals surface area contributed by atoms with Crippen LogP contribution in [0.15, 0.2) is 35.1 Å². The van der Waals surface area contributed by atoms with Crippen LogP contribution in [-0.2, 0) is 7.05 Å². The fourth-order valence-corrected chi connectivity index (χ4v) is 3.18. The number of hydrogen-bond donors (Lipinski definition) is 2. The summed E-state index contributed by atoms with van der Waals surface area (Å²) in [4.78, 5) is 12.4. The van der Waals surface area contributed by atoms with E-state index in [0.29, 0.717) is 12.8 Å². The van der Waals surface area contributed by atoms with Crippen LogP contribution in [0, 0.1) is 0 Å². The molecule has 1 saturated carbocycles. The van der Waals surface area contributed by atoms with Gasteiger partial charge in [-0.25, -0.2) is 4.68 Å². The van der Waals surface area contributed by atoms with E-state index >= 15 is 0 Å². The van der Waals surface area contributed by atoms with E-state index in [2.05, 4.69) is 0 Å². The van der Waals surface area contributed by atoms with E-state index in [4.69, 9.17) is 5.73 Å². The molecule has 0 amide bonds. The third kappa shape index (κ3) is 1.86. The van der Waals surface area contributed by atoms with E-state index in [-0.39, 0.29) is 17.2 Å². The molecule has 0 bridgehead atoms. The zero-order valence-electron chi connectivity index (χ0n) is 11.7. The van der Waals surface area contributed by atoms with E-state index in [1.54, 1.807) is 4.68 Å². The monoisotopic (exact) mass is 273 g/mol. The molecule has 1 aliphatic rings. The first-order chi connectivity index (χ1) is 9.41. The summed E-state index contributed by atoms with van der Waals surface area (Å²) in [5, 5.41) is 9.88. The van der Waals surface area contributed by atoms with Gasteiger partial charge in [0, 0.05) is 13.0 Å².